The molecule has 5 nitrogen and oxygen atoms in total. The molecule has 1 aromatic rings. The zero-order chi connectivity index (χ0) is 16.9. The number of nitrogens with one attached hydrogen (secondary N) is 1. The van der Waals surface area contributed by atoms with Crippen LogP contribution in [0.25, 0.3) is 0 Å². The molecule has 1 atom stereocenters. The van der Waals surface area contributed by atoms with Crippen molar-refractivity contribution in [1.82, 2.24) is 4.98 Å². The molecule has 1 aromatic heterocycles. The highest BCUT2D eigenvalue weighted by Crippen LogP contribution is 2.24. The molecule has 0 radical (unpaired) electrons. The summed E-state index contributed by atoms with van der Waals surface area (Å²) in [5.41, 5.74) is 5.94. The monoisotopic (exact) mass is 323 g/mol. The Labute approximate surface area is 124 Å². The maximum Gasteiger partial charge on any atom is 0.340 e. The Morgan fingerprint density at radius 1 is 1.41 bits per heavy atom. The molecule has 0 unspecified atom stereocenters. The van der Waals surface area contributed by atoms with E-state index >= 15 is 0 Å². The average molecular weight is 323 g/mol. The first-order valence-electron chi connectivity index (χ1n) is 6.44. The molecule has 0 aliphatic heterocycles. The number of carbonyl (C=O) groups is 1. The number of aromatic nitrogens is 1. The molecule has 0 saturated heterocycles. The fraction of sp³-hybridized carbons (Fsp3) is 0.538. The first-order chi connectivity index (χ1) is 10.1. The van der Waals surface area contributed by atoms with Gasteiger partial charge in [-0.05, 0) is 12.0 Å². The van der Waals surface area contributed by atoms with Crippen LogP contribution in [0.2, 0.25) is 0 Å². The number of rotatable bonds is 7. The Balaban J connectivity index is 2.58. The van der Waals surface area contributed by atoms with Gasteiger partial charge >= 0.3 is 12.3 Å². The van der Waals surface area contributed by atoms with Gasteiger partial charge in [-0.1, -0.05) is 13.8 Å². The topological polar surface area (TPSA) is 77.2 Å². The predicted octanol–water partition coefficient (Wildman–Crippen LogP) is 2.28. The zero-order valence-corrected chi connectivity index (χ0v) is 12.0. The van der Waals surface area contributed by atoms with E-state index in [1.54, 1.807) is 13.8 Å². The van der Waals surface area contributed by atoms with Crippen molar-refractivity contribution in [2.75, 3.05) is 11.9 Å². The molecule has 22 heavy (non-hydrogen) atoms. The Morgan fingerprint density at radius 2 is 2.05 bits per heavy atom. The summed E-state index contributed by atoms with van der Waals surface area (Å²) >= 11 is 0. The minimum atomic E-state index is -4.25. The third kappa shape index (κ3) is 5.14. The van der Waals surface area contributed by atoms with Gasteiger partial charge in [0.2, 0.25) is 11.8 Å². The SMILES string of the molecule is CC(C)[C@H](N)C(=O)Nc1ccc(OCC(F)(F)C(F)F)nc1. The number of ether oxygens (including phenoxy) is 1. The molecule has 0 aliphatic rings. The van der Waals surface area contributed by atoms with Crippen LogP contribution in [-0.2, 0) is 4.79 Å². The van der Waals surface area contributed by atoms with Gasteiger partial charge in [0.05, 0.1) is 17.9 Å². The summed E-state index contributed by atoms with van der Waals surface area (Å²) in [6.45, 7) is 2.08. The summed E-state index contributed by atoms with van der Waals surface area (Å²) in [4.78, 5) is 15.3. The third-order valence-corrected chi connectivity index (χ3v) is 2.76. The molecule has 0 saturated carbocycles. The molecule has 0 aliphatic carbocycles. The molecule has 9 heteroatoms. The summed E-state index contributed by atoms with van der Waals surface area (Å²) in [7, 11) is 0. The Bertz CT molecular complexity index is 495. The standard InChI is InChI=1S/C13H17F4N3O2/c1-7(2)10(18)11(21)20-8-3-4-9(19-5-8)22-6-13(16,17)12(14)15/h3-5,7,10,12H,6,18H2,1-2H3,(H,20,21)/t10-/m0/s1. The van der Waals surface area contributed by atoms with Crippen molar-refractivity contribution in [3.8, 4) is 5.88 Å². The molecule has 0 fully saturated rings. The quantitative estimate of drug-likeness (QED) is 0.755. The number of nitrogens with zero attached hydrogens (tertiary/aromatic N) is 1. The number of anilines is 1. The van der Waals surface area contributed by atoms with Crippen LogP contribution in [0, 0.1) is 5.92 Å². The van der Waals surface area contributed by atoms with Crippen molar-refractivity contribution >= 4 is 11.6 Å². The highest BCUT2D eigenvalue weighted by molar-refractivity contribution is 5.94. The second-order valence-electron chi connectivity index (χ2n) is 4.99. The summed E-state index contributed by atoms with van der Waals surface area (Å²) < 4.78 is 53.8. The number of nitrogens with two attached hydrogens (primary N) is 1. The molecule has 1 amide bonds. The number of alkyl halides is 4. The lowest BCUT2D eigenvalue weighted by Gasteiger charge is -2.16. The van der Waals surface area contributed by atoms with Gasteiger partial charge in [0, 0.05) is 6.07 Å². The number of pyridine rings is 1. The van der Waals surface area contributed by atoms with Gasteiger partial charge < -0.3 is 15.8 Å². The fourth-order valence-electron chi connectivity index (χ4n) is 1.30. The van der Waals surface area contributed by atoms with Crippen molar-refractivity contribution in [1.29, 1.82) is 0 Å². The van der Waals surface area contributed by atoms with Gasteiger partial charge in [0.25, 0.3) is 0 Å². The van der Waals surface area contributed by atoms with E-state index in [9.17, 15) is 22.4 Å². The summed E-state index contributed by atoms with van der Waals surface area (Å²) in [5, 5.41) is 2.49. The molecule has 1 rings (SSSR count). The smallest absolute Gasteiger partial charge is 0.340 e. The Morgan fingerprint density at radius 3 is 2.50 bits per heavy atom. The van der Waals surface area contributed by atoms with E-state index in [1.165, 1.54) is 12.1 Å². The van der Waals surface area contributed by atoms with E-state index in [4.69, 9.17) is 5.73 Å². The lowest BCUT2D eigenvalue weighted by molar-refractivity contribution is -0.148. The van der Waals surface area contributed by atoms with Crippen LogP contribution in [0.3, 0.4) is 0 Å². The van der Waals surface area contributed by atoms with Gasteiger partial charge in [-0.25, -0.2) is 13.8 Å². The molecule has 1 heterocycles. The number of hydrogen-bond donors (Lipinski definition) is 2. The van der Waals surface area contributed by atoms with Crippen LogP contribution in [0.5, 0.6) is 5.88 Å². The average Bonchev–Trinajstić information content (AvgIpc) is 2.45. The minimum absolute atomic E-state index is 0.0628. The highest BCUT2D eigenvalue weighted by atomic mass is 19.3. The highest BCUT2D eigenvalue weighted by Gasteiger charge is 2.41. The van der Waals surface area contributed by atoms with Crippen LogP contribution in [-0.4, -0.2) is 35.9 Å². The lowest BCUT2D eigenvalue weighted by atomic mass is 10.1. The van der Waals surface area contributed by atoms with Gasteiger partial charge in [0.15, 0.2) is 6.61 Å². The Hall–Kier alpha value is -1.90. The van der Waals surface area contributed by atoms with Crippen LogP contribution >= 0.6 is 0 Å². The van der Waals surface area contributed by atoms with Crippen molar-refractivity contribution in [3.63, 3.8) is 0 Å². The molecule has 0 bridgehead atoms. The first-order valence-corrected chi connectivity index (χ1v) is 6.44. The van der Waals surface area contributed by atoms with Crippen molar-refractivity contribution in [3.05, 3.63) is 18.3 Å². The molecule has 124 valence electrons. The van der Waals surface area contributed by atoms with Crippen molar-refractivity contribution < 1.29 is 27.1 Å². The van der Waals surface area contributed by atoms with Crippen molar-refractivity contribution in [2.24, 2.45) is 11.7 Å². The number of hydrogen-bond acceptors (Lipinski definition) is 4. The van der Waals surface area contributed by atoms with Crippen LogP contribution in [0.1, 0.15) is 13.8 Å². The maximum absolute atomic E-state index is 12.7. The molecule has 0 aromatic carbocycles. The van der Waals surface area contributed by atoms with Gasteiger partial charge in [-0.3, -0.25) is 4.79 Å². The largest absolute Gasteiger partial charge is 0.471 e. The maximum atomic E-state index is 12.7. The van der Waals surface area contributed by atoms with Crippen LogP contribution < -0.4 is 15.8 Å². The van der Waals surface area contributed by atoms with E-state index in [-0.39, 0.29) is 17.5 Å². The second-order valence-corrected chi connectivity index (χ2v) is 4.99. The van der Waals surface area contributed by atoms with Crippen LogP contribution in [0.4, 0.5) is 23.2 Å². The first kappa shape index (κ1) is 18.1. The van der Waals surface area contributed by atoms with E-state index < -0.39 is 30.9 Å². The minimum Gasteiger partial charge on any atom is -0.471 e. The normalized spacial score (nSPS) is 13.3. The summed E-state index contributed by atoms with van der Waals surface area (Å²) in [5.74, 6) is -4.99. The second kappa shape index (κ2) is 7.39. The number of halogens is 4. The van der Waals surface area contributed by atoms with Gasteiger partial charge in [0.1, 0.15) is 0 Å². The molecular formula is C13H17F4N3O2. The third-order valence-electron chi connectivity index (χ3n) is 2.76. The van der Waals surface area contributed by atoms with E-state index in [1.807, 2.05) is 0 Å². The van der Waals surface area contributed by atoms with Gasteiger partial charge in [-0.2, -0.15) is 8.78 Å². The predicted molar refractivity (Wildman–Crippen MR) is 72.1 cm³/mol. The number of carbonyl (C=O) groups excluding carboxylic acids is 1. The summed E-state index contributed by atoms with van der Waals surface area (Å²) in [6.07, 6.45) is -2.66. The number of amides is 1. The summed E-state index contributed by atoms with van der Waals surface area (Å²) in [6, 6.07) is 1.81. The van der Waals surface area contributed by atoms with Gasteiger partial charge in [-0.15, -0.1) is 0 Å². The Kier molecular flexibility index (Phi) is 6.10. The molecular weight excluding hydrogens is 306 g/mol. The fourth-order valence-corrected chi connectivity index (χ4v) is 1.30. The molecule has 0 spiro atoms. The van der Waals surface area contributed by atoms with E-state index in [0.29, 0.717) is 0 Å². The lowest BCUT2D eigenvalue weighted by Crippen LogP contribution is -2.39. The van der Waals surface area contributed by atoms with Crippen molar-refractivity contribution in [2.45, 2.75) is 32.2 Å². The van der Waals surface area contributed by atoms with E-state index in [0.717, 1.165) is 6.20 Å². The van der Waals surface area contributed by atoms with Crippen LogP contribution in [0.15, 0.2) is 18.3 Å². The zero-order valence-electron chi connectivity index (χ0n) is 12.0. The molecule has 3 N–H and O–H groups in total. The van der Waals surface area contributed by atoms with E-state index in [2.05, 4.69) is 15.0 Å².